The molecule has 1 aromatic rings. The van der Waals surface area contributed by atoms with Crippen molar-refractivity contribution in [2.24, 2.45) is 0 Å². The minimum absolute atomic E-state index is 0.359. The first-order valence-electron chi connectivity index (χ1n) is 7.02. The second-order valence-corrected chi connectivity index (χ2v) is 5.06. The molecular formula is C16H21NO2. The minimum atomic E-state index is 0.359. The van der Waals surface area contributed by atoms with Crippen molar-refractivity contribution in [3.63, 3.8) is 0 Å². The summed E-state index contributed by atoms with van der Waals surface area (Å²) in [6.07, 6.45) is 7.85. The highest BCUT2D eigenvalue weighted by atomic mass is 16.5. The molecular weight excluding hydrogens is 238 g/mol. The molecule has 1 fully saturated rings. The van der Waals surface area contributed by atoms with Gasteiger partial charge >= 0.3 is 0 Å². The van der Waals surface area contributed by atoms with Gasteiger partial charge in [-0.25, -0.2) is 0 Å². The predicted octanol–water partition coefficient (Wildman–Crippen LogP) is 3.81. The summed E-state index contributed by atoms with van der Waals surface area (Å²) in [6, 6.07) is 7.62. The van der Waals surface area contributed by atoms with E-state index in [1.165, 1.54) is 25.7 Å². The zero-order valence-corrected chi connectivity index (χ0v) is 11.5. The lowest BCUT2D eigenvalue weighted by molar-refractivity contribution is 0.0300. The van der Waals surface area contributed by atoms with E-state index in [1.807, 2.05) is 12.1 Å². The Kier molecular flexibility index (Phi) is 5.23. The number of nitriles is 1. The SMILES string of the molecule is COc1ccc(C#N)cc1COC1CCCCCC1. The Morgan fingerprint density at radius 3 is 2.58 bits per heavy atom. The van der Waals surface area contributed by atoms with Crippen LogP contribution in [0.5, 0.6) is 5.75 Å². The number of ether oxygens (including phenoxy) is 2. The third-order valence-corrected chi connectivity index (χ3v) is 3.69. The van der Waals surface area contributed by atoms with E-state index in [0.717, 1.165) is 24.2 Å². The molecule has 0 saturated heterocycles. The van der Waals surface area contributed by atoms with Gasteiger partial charge in [-0.1, -0.05) is 25.7 Å². The number of hydrogen-bond acceptors (Lipinski definition) is 3. The Balaban J connectivity index is 1.99. The number of methoxy groups -OCH3 is 1. The molecule has 102 valence electrons. The first-order chi connectivity index (χ1) is 9.33. The van der Waals surface area contributed by atoms with E-state index >= 15 is 0 Å². The van der Waals surface area contributed by atoms with Crippen molar-refractivity contribution in [3.05, 3.63) is 29.3 Å². The molecule has 0 bridgehead atoms. The molecule has 0 spiro atoms. The molecule has 0 aliphatic heterocycles. The molecule has 0 radical (unpaired) electrons. The molecule has 0 unspecified atom stereocenters. The van der Waals surface area contributed by atoms with Crippen LogP contribution in [0.1, 0.15) is 49.7 Å². The van der Waals surface area contributed by atoms with Gasteiger partial charge < -0.3 is 9.47 Å². The van der Waals surface area contributed by atoms with Crippen LogP contribution in [0.25, 0.3) is 0 Å². The Morgan fingerprint density at radius 1 is 1.21 bits per heavy atom. The van der Waals surface area contributed by atoms with E-state index in [9.17, 15) is 0 Å². The zero-order chi connectivity index (χ0) is 13.5. The van der Waals surface area contributed by atoms with Crippen LogP contribution in [0.4, 0.5) is 0 Å². The van der Waals surface area contributed by atoms with Crippen molar-refractivity contribution in [2.75, 3.05) is 7.11 Å². The topological polar surface area (TPSA) is 42.2 Å². The summed E-state index contributed by atoms with van der Waals surface area (Å²) >= 11 is 0. The largest absolute Gasteiger partial charge is 0.496 e. The molecule has 0 atom stereocenters. The summed E-state index contributed by atoms with van der Waals surface area (Å²) in [7, 11) is 1.65. The van der Waals surface area contributed by atoms with Gasteiger partial charge in [-0.2, -0.15) is 5.26 Å². The third-order valence-electron chi connectivity index (χ3n) is 3.69. The molecule has 2 rings (SSSR count). The average Bonchev–Trinajstić information content (AvgIpc) is 2.73. The van der Waals surface area contributed by atoms with Crippen LogP contribution in [0.3, 0.4) is 0 Å². The predicted molar refractivity (Wildman–Crippen MR) is 74.0 cm³/mol. The fraction of sp³-hybridized carbons (Fsp3) is 0.562. The van der Waals surface area contributed by atoms with Crippen LogP contribution in [-0.4, -0.2) is 13.2 Å². The van der Waals surface area contributed by atoms with E-state index in [1.54, 1.807) is 13.2 Å². The van der Waals surface area contributed by atoms with Crippen LogP contribution in [-0.2, 0) is 11.3 Å². The van der Waals surface area contributed by atoms with Crippen LogP contribution >= 0.6 is 0 Å². The molecule has 0 N–H and O–H groups in total. The van der Waals surface area contributed by atoms with Gasteiger partial charge in [0.1, 0.15) is 5.75 Å². The number of nitrogens with zero attached hydrogens (tertiary/aromatic N) is 1. The second kappa shape index (κ2) is 7.16. The number of benzene rings is 1. The summed E-state index contributed by atoms with van der Waals surface area (Å²) in [5, 5.41) is 8.95. The monoisotopic (exact) mass is 259 g/mol. The van der Waals surface area contributed by atoms with Crippen molar-refractivity contribution in [2.45, 2.75) is 51.2 Å². The summed E-state index contributed by atoms with van der Waals surface area (Å²) in [6.45, 7) is 0.531. The van der Waals surface area contributed by atoms with Gasteiger partial charge in [0, 0.05) is 5.56 Å². The van der Waals surface area contributed by atoms with Crippen LogP contribution in [0, 0.1) is 11.3 Å². The number of rotatable bonds is 4. The standard InChI is InChI=1S/C16H21NO2/c1-18-16-9-8-13(11-17)10-14(16)12-19-15-6-4-2-3-5-7-15/h8-10,15H,2-7,12H2,1H3. The summed E-state index contributed by atoms with van der Waals surface area (Å²) in [5.41, 5.74) is 1.62. The molecule has 0 heterocycles. The van der Waals surface area contributed by atoms with E-state index in [0.29, 0.717) is 18.3 Å². The highest BCUT2D eigenvalue weighted by molar-refractivity contribution is 5.41. The quantitative estimate of drug-likeness (QED) is 0.772. The van der Waals surface area contributed by atoms with Gasteiger partial charge in [-0.05, 0) is 31.0 Å². The fourth-order valence-corrected chi connectivity index (χ4v) is 2.58. The lowest BCUT2D eigenvalue weighted by Gasteiger charge is -2.16. The fourth-order valence-electron chi connectivity index (χ4n) is 2.58. The third kappa shape index (κ3) is 3.97. The van der Waals surface area contributed by atoms with Gasteiger partial charge in [0.15, 0.2) is 0 Å². The Hall–Kier alpha value is -1.53. The van der Waals surface area contributed by atoms with Crippen LogP contribution in [0.2, 0.25) is 0 Å². The molecule has 3 heteroatoms. The van der Waals surface area contributed by atoms with Crippen molar-refractivity contribution in [1.82, 2.24) is 0 Å². The summed E-state index contributed by atoms with van der Waals surface area (Å²) < 4.78 is 11.3. The van der Waals surface area contributed by atoms with Crippen molar-refractivity contribution in [3.8, 4) is 11.8 Å². The Labute approximate surface area is 115 Å². The average molecular weight is 259 g/mol. The first-order valence-corrected chi connectivity index (χ1v) is 7.02. The van der Waals surface area contributed by atoms with Crippen molar-refractivity contribution < 1.29 is 9.47 Å². The first kappa shape index (κ1) is 13.9. The van der Waals surface area contributed by atoms with E-state index in [4.69, 9.17) is 14.7 Å². The highest BCUT2D eigenvalue weighted by Crippen LogP contribution is 2.24. The normalized spacial score (nSPS) is 16.6. The molecule has 1 aromatic carbocycles. The van der Waals surface area contributed by atoms with Gasteiger partial charge in [-0.3, -0.25) is 0 Å². The zero-order valence-electron chi connectivity index (χ0n) is 11.5. The molecule has 1 aliphatic carbocycles. The summed E-state index contributed by atoms with van der Waals surface area (Å²) in [4.78, 5) is 0. The Morgan fingerprint density at radius 2 is 1.95 bits per heavy atom. The highest BCUT2D eigenvalue weighted by Gasteiger charge is 2.14. The molecule has 1 saturated carbocycles. The second-order valence-electron chi connectivity index (χ2n) is 5.06. The van der Waals surface area contributed by atoms with E-state index < -0.39 is 0 Å². The maximum atomic E-state index is 8.95. The minimum Gasteiger partial charge on any atom is -0.496 e. The summed E-state index contributed by atoms with van der Waals surface area (Å²) in [5.74, 6) is 0.799. The van der Waals surface area contributed by atoms with Gasteiger partial charge in [-0.15, -0.1) is 0 Å². The van der Waals surface area contributed by atoms with Gasteiger partial charge in [0.25, 0.3) is 0 Å². The lowest BCUT2D eigenvalue weighted by Crippen LogP contribution is -2.11. The van der Waals surface area contributed by atoms with E-state index in [-0.39, 0.29) is 0 Å². The smallest absolute Gasteiger partial charge is 0.124 e. The lowest BCUT2D eigenvalue weighted by atomic mass is 10.1. The molecule has 0 amide bonds. The number of hydrogen-bond donors (Lipinski definition) is 0. The van der Waals surface area contributed by atoms with Gasteiger partial charge in [0.05, 0.1) is 31.5 Å². The Bertz CT molecular complexity index is 443. The molecule has 19 heavy (non-hydrogen) atoms. The maximum absolute atomic E-state index is 8.95. The van der Waals surface area contributed by atoms with Crippen molar-refractivity contribution in [1.29, 1.82) is 5.26 Å². The van der Waals surface area contributed by atoms with Gasteiger partial charge in [0.2, 0.25) is 0 Å². The van der Waals surface area contributed by atoms with Crippen molar-refractivity contribution >= 4 is 0 Å². The van der Waals surface area contributed by atoms with Crippen LogP contribution in [0.15, 0.2) is 18.2 Å². The van der Waals surface area contributed by atoms with E-state index in [2.05, 4.69) is 6.07 Å². The molecule has 3 nitrogen and oxygen atoms in total. The maximum Gasteiger partial charge on any atom is 0.124 e. The molecule has 0 aromatic heterocycles. The van der Waals surface area contributed by atoms with Crippen LogP contribution < -0.4 is 4.74 Å². The molecule has 1 aliphatic rings.